The summed E-state index contributed by atoms with van der Waals surface area (Å²) < 4.78 is 18.1. The lowest BCUT2D eigenvalue weighted by atomic mass is 10.2. The molecule has 0 saturated heterocycles. The van der Waals surface area contributed by atoms with Crippen LogP contribution in [0.4, 0.5) is 4.39 Å². The van der Waals surface area contributed by atoms with Crippen LogP contribution >= 0.6 is 0 Å². The van der Waals surface area contributed by atoms with E-state index in [0.29, 0.717) is 24.3 Å². The van der Waals surface area contributed by atoms with Gasteiger partial charge in [0.05, 0.1) is 5.69 Å². The lowest BCUT2D eigenvalue weighted by Gasteiger charge is -2.05. The van der Waals surface area contributed by atoms with Crippen molar-refractivity contribution >= 4 is 11.0 Å². The summed E-state index contributed by atoms with van der Waals surface area (Å²) in [6, 6.07) is 8.60. The van der Waals surface area contributed by atoms with Crippen molar-refractivity contribution in [3.8, 4) is 0 Å². The van der Waals surface area contributed by atoms with E-state index in [-0.39, 0.29) is 5.82 Å². The second-order valence-electron chi connectivity index (χ2n) is 4.08. The van der Waals surface area contributed by atoms with Gasteiger partial charge in [-0.3, -0.25) is 4.98 Å². The Kier molecular flexibility index (Phi) is 3.16. The predicted molar refractivity (Wildman–Crippen MR) is 66.5 cm³/mol. The number of halogens is 1. The number of nitrogens with zero attached hydrogens (tertiary/aromatic N) is 3. The maximum absolute atomic E-state index is 13.4. The van der Waals surface area contributed by atoms with E-state index in [0.717, 1.165) is 11.1 Å². The molecule has 0 aliphatic heterocycles. The molecule has 0 amide bonds. The third kappa shape index (κ3) is 2.43. The van der Waals surface area contributed by atoms with Gasteiger partial charge in [0.1, 0.15) is 16.9 Å². The van der Waals surface area contributed by atoms with E-state index in [1.807, 2.05) is 18.2 Å². The largest absolute Gasteiger partial charge is 0.307 e. The highest BCUT2D eigenvalue weighted by Crippen LogP contribution is 2.14. The summed E-state index contributed by atoms with van der Waals surface area (Å²) in [6.07, 6.45) is 1.57. The van der Waals surface area contributed by atoms with Gasteiger partial charge >= 0.3 is 0 Å². The lowest BCUT2D eigenvalue weighted by molar-refractivity contribution is 0.315. The van der Waals surface area contributed by atoms with Crippen molar-refractivity contribution < 1.29 is 9.02 Å². The van der Waals surface area contributed by atoms with Crippen LogP contribution in [0.2, 0.25) is 0 Å². The molecule has 1 N–H and O–H groups in total. The average Bonchev–Trinajstić information content (AvgIpc) is 2.90. The van der Waals surface area contributed by atoms with Crippen molar-refractivity contribution in [2.75, 3.05) is 0 Å². The fraction of sp³-hybridized carbons (Fsp3) is 0.154. The number of nitrogens with one attached hydrogen (secondary N) is 1. The van der Waals surface area contributed by atoms with Crippen LogP contribution in [0, 0.1) is 5.82 Å². The Balaban J connectivity index is 1.70. The van der Waals surface area contributed by atoms with Crippen molar-refractivity contribution in [1.82, 2.24) is 20.6 Å². The van der Waals surface area contributed by atoms with Crippen LogP contribution in [0.15, 0.2) is 41.2 Å². The van der Waals surface area contributed by atoms with Crippen molar-refractivity contribution in [3.63, 3.8) is 0 Å². The van der Waals surface area contributed by atoms with Gasteiger partial charge in [-0.05, 0) is 34.1 Å². The molecule has 0 atom stereocenters. The van der Waals surface area contributed by atoms with Crippen molar-refractivity contribution in [3.05, 3.63) is 53.6 Å². The minimum Gasteiger partial charge on any atom is -0.307 e. The van der Waals surface area contributed by atoms with E-state index in [1.54, 1.807) is 12.3 Å². The highest BCUT2D eigenvalue weighted by Gasteiger charge is 2.06. The summed E-state index contributed by atoms with van der Waals surface area (Å²) in [5.41, 5.74) is 2.78. The third-order valence-electron chi connectivity index (χ3n) is 2.81. The Morgan fingerprint density at radius 3 is 2.95 bits per heavy atom. The van der Waals surface area contributed by atoms with Crippen LogP contribution in [-0.4, -0.2) is 15.3 Å². The molecule has 5 nitrogen and oxygen atoms in total. The molecule has 0 bridgehead atoms. The first-order chi connectivity index (χ1) is 9.34. The first-order valence-corrected chi connectivity index (χ1v) is 5.85. The van der Waals surface area contributed by atoms with E-state index in [2.05, 4.69) is 25.2 Å². The molecule has 3 aromatic rings. The molecule has 2 aromatic heterocycles. The number of hydrogen-bond acceptors (Lipinski definition) is 5. The zero-order valence-electron chi connectivity index (χ0n) is 10.0. The Hall–Kier alpha value is -2.34. The molecule has 3 rings (SSSR count). The van der Waals surface area contributed by atoms with Crippen LogP contribution in [0.3, 0.4) is 0 Å². The molecule has 0 fully saturated rings. The monoisotopic (exact) mass is 258 g/mol. The molecule has 96 valence electrons. The Morgan fingerprint density at radius 2 is 2.05 bits per heavy atom. The number of pyridine rings is 1. The summed E-state index contributed by atoms with van der Waals surface area (Å²) in [5.74, 6) is -0.309. The quantitative estimate of drug-likeness (QED) is 0.776. The molecule has 0 unspecified atom stereocenters. The smallest absolute Gasteiger partial charge is 0.146 e. The number of fused-ring (bicyclic) bond motifs is 1. The minimum atomic E-state index is -0.309. The van der Waals surface area contributed by atoms with Gasteiger partial charge in [0.15, 0.2) is 0 Å². The molecule has 0 aliphatic rings. The highest BCUT2D eigenvalue weighted by molar-refractivity contribution is 5.76. The molecule has 1 aromatic carbocycles. The van der Waals surface area contributed by atoms with Crippen LogP contribution in [-0.2, 0) is 13.1 Å². The van der Waals surface area contributed by atoms with Crippen LogP contribution < -0.4 is 5.32 Å². The first-order valence-electron chi connectivity index (χ1n) is 5.85. The number of hydrogen-bond donors (Lipinski definition) is 1. The Bertz CT molecular complexity index is 698. The van der Waals surface area contributed by atoms with Crippen molar-refractivity contribution in [1.29, 1.82) is 0 Å². The van der Waals surface area contributed by atoms with Gasteiger partial charge in [-0.15, -0.1) is 0 Å². The van der Waals surface area contributed by atoms with E-state index >= 15 is 0 Å². The highest BCUT2D eigenvalue weighted by atomic mass is 19.1. The molecular weight excluding hydrogens is 247 g/mol. The Morgan fingerprint density at radius 1 is 1.11 bits per heavy atom. The molecule has 19 heavy (non-hydrogen) atoms. The van der Waals surface area contributed by atoms with E-state index in [1.165, 1.54) is 6.07 Å². The van der Waals surface area contributed by atoms with Crippen LogP contribution in [0.1, 0.15) is 11.3 Å². The summed E-state index contributed by atoms with van der Waals surface area (Å²) in [7, 11) is 0. The van der Waals surface area contributed by atoms with E-state index in [9.17, 15) is 4.39 Å². The standard InChI is InChI=1S/C13H11FN4O/c14-10-4-2-6-16-12(10)8-15-7-9-3-1-5-11-13(9)18-19-17-11/h1-6,15H,7-8H2. The maximum atomic E-state index is 13.4. The second-order valence-corrected chi connectivity index (χ2v) is 4.08. The fourth-order valence-electron chi connectivity index (χ4n) is 1.87. The van der Waals surface area contributed by atoms with Crippen molar-refractivity contribution in [2.24, 2.45) is 0 Å². The summed E-state index contributed by atoms with van der Waals surface area (Å²) in [4.78, 5) is 3.98. The molecule has 0 aliphatic carbocycles. The molecule has 0 spiro atoms. The Labute approximate surface area is 108 Å². The van der Waals surface area contributed by atoms with Gasteiger partial charge in [0, 0.05) is 19.3 Å². The van der Waals surface area contributed by atoms with Crippen LogP contribution in [0.25, 0.3) is 11.0 Å². The van der Waals surface area contributed by atoms with Gasteiger partial charge in [-0.1, -0.05) is 12.1 Å². The maximum Gasteiger partial charge on any atom is 0.146 e. The zero-order chi connectivity index (χ0) is 13.1. The van der Waals surface area contributed by atoms with Gasteiger partial charge < -0.3 is 5.32 Å². The average molecular weight is 258 g/mol. The molecule has 0 saturated carbocycles. The van der Waals surface area contributed by atoms with Crippen LogP contribution in [0.5, 0.6) is 0 Å². The second kappa shape index (κ2) is 5.11. The van der Waals surface area contributed by atoms with Crippen molar-refractivity contribution in [2.45, 2.75) is 13.1 Å². The summed E-state index contributed by atoms with van der Waals surface area (Å²) >= 11 is 0. The molecule has 0 radical (unpaired) electrons. The van der Waals surface area contributed by atoms with E-state index in [4.69, 9.17) is 0 Å². The fourth-order valence-corrected chi connectivity index (χ4v) is 1.87. The number of benzene rings is 1. The third-order valence-corrected chi connectivity index (χ3v) is 2.81. The number of rotatable bonds is 4. The zero-order valence-corrected chi connectivity index (χ0v) is 10.0. The van der Waals surface area contributed by atoms with Gasteiger partial charge in [0.2, 0.25) is 0 Å². The molecular formula is C13H11FN4O. The molecule has 2 heterocycles. The number of aromatic nitrogens is 3. The van der Waals surface area contributed by atoms with Gasteiger partial charge in [-0.25, -0.2) is 9.02 Å². The molecule has 6 heteroatoms. The SMILES string of the molecule is Fc1cccnc1CNCc1cccc2nonc12. The summed E-state index contributed by atoms with van der Waals surface area (Å²) in [5, 5.41) is 10.7. The topological polar surface area (TPSA) is 63.8 Å². The summed E-state index contributed by atoms with van der Waals surface area (Å²) in [6.45, 7) is 0.899. The predicted octanol–water partition coefficient (Wildman–Crippen LogP) is 2.05. The van der Waals surface area contributed by atoms with E-state index < -0.39 is 0 Å². The first kappa shape index (κ1) is 11.7. The lowest BCUT2D eigenvalue weighted by Crippen LogP contribution is -2.15. The normalized spacial score (nSPS) is 11.0. The minimum absolute atomic E-state index is 0.309. The van der Waals surface area contributed by atoms with Gasteiger partial charge in [0.25, 0.3) is 0 Å². The van der Waals surface area contributed by atoms with Gasteiger partial charge in [-0.2, -0.15) is 0 Å².